The van der Waals surface area contributed by atoms with Gasteiger partial charge in [0.2, 0.25) is 0 Å². The van der Waals surface area contributed by atoms with Crippen LogP contribution in [0, 0.1) is 13.8 Å². The molecule has 0 radical (unpaired) electrons. The maximum absolute atomic E-state index is 11.5. The molecule has 0 aliphatic heterocycles. The number of hydrogen-bond donors (Lipinski definition) is 4. The van der Waals surface area contributed by atoms with E-state index in [0.29, 0.717) is 25.1 Å². The summed E-state index contributed by atoms with van der Waals surface area (Å²) >= 11 is 0. The fourth-order valence-electron chi connectivity index (χ4n) is 1.50. The number of unbranched alkanes of at least 4 members (excludes halogenated alkanes) is 1. The molecule has 7 heteroatoms. The topological polar surface area (TPSA) is 107 Å². The third kappa shape index (κ3) is 4.44. The van der Waals surface area contributed by atoms with E-state index in [1.165, 1.54) is 0 Å². The highest BCUT2D eigenvalue weighted by Crippen LogP contribution is 2.15. The van der Waals surface area contributed by atoms with E-state index < -0.39 is 5.97 Å². The Bertz CT molecular complexity index is 408. The summed E-state index contributed by atoms with van der Waals surface area (Å²) in [5.41, 5.74) is 2.21. The molecule has 0 bridgehead atoms. The number of aliphatic carboxylic acids is 1. The normalized spacial score (nSPS) is 10.1. The Morgan fingerprint density at radius 2 is 2.06 bits per heavy atom. The van der Waals surface area contributed by atoms with Crippen molar-refractivity contribution in [2.45, 2.75) is 33.1 Å². The van der Waals surface area contributed by atoms with Gasteiger partial charge in [-0.05, 0) is 26.7 Å². The molecular formula is C11H18N4O3. The van der Waals surface area contributed by atoms with Gasteiger partial charge < -0.3 is 15.7 Å². The van der Waals surface area contributed by atoms with Gasteiger partial charge >= 0.3 is 12.0 Å². The lowest BCUT2D eigenvalue weighted by molar-refractivity contribution is -0.137. The third-order valence-corrected chi connectivity index (χ3v) is 2.47. The summed E-state index contributed by atoms with van der Waals surface area (Å²) in [7, 11) is 0. The Labute approximate surface area is 105 Å². The number of carbonyl (C=O) groups excluding carboxylic acids is 1. The highest BCUT2D eigenvalue weighted by molar-refractivity contribution is 5.90. The Balaban J connectivity index is 2.24. The van der Waals surface area contributed by atoms with E-state index in [-0.39, 0.29) is 12.5 Å². The first-order valence-corrected chi connectivity index (χ1v) is 5.79. The number of rotatable bonds is 6. The van der Waals surface area contributed by atoms with Crippen molar-refractivity contribution in [2.75, 3.05) is 11.9 Å². The molecule has 0 atom stereocenters. The zero-order valence-electron chi connectivity index (χ0n) is 10.5. The van der Waals surface area contributed by atoms with Crippen LogP contribution in [0.15, 0.2) is 0 Å². The van der Waals surface area contributed by atoms with Crippen molar-refractivity contribution in [3.05, 3.63) is 11.4 Å². The largest absolute Gasteiger partial charge is 0.481 e. The minimum Gasteiger partial charge on any atom is -0.481 e. The number of aryl methyl sites for hydroxylation is 2. The number of aromatic amines is 1. The standard InChI is InChI=1S/C11H18N4O3/c1-7-10(8(2)15-14-7)13-11(18)12-6-4-3-5-9(16)17/h3-6H2,1-2H3,(H,14,15)(H,16,17)(H2,12,13,18). The van der Waals surface area contributed by atoms with Crippen LogP contribution in [0.25, 0.3) is 0 Å². The van der Waals surface area contributed by atoms with Gasteiger partial charge in [-0.1, -0.05) is 0 Å². The molecular weight excluding hydrogens is 236 g/mol. The van der Waals surface area contributed by atoms with E-state index in [1.807, 2.05) is 6.92 Å². The fourth-order valence-corrected chi connectivity index (χ4v) is 1.50. The lowest BCUT2D eigenvalue weighted by Crippen LogP contribution is -2.29. The first kappa shape index (κ1) is 14.0. The van der Waals surface area contributed by atoms with Crippen LogP contribution in [0.5, 0.6) is 0 Å². The lowest BCUT2D eigenvalue weighted by Gasteiger charge is -2.07. The molecule has 1 aromatic rings. The van der Waals surface area contributed by atoms with Gasteiger partial charge in [0.25, 0.3) is 0 Å². The molecule has 1 rings (SSSR count). The SMILES string of the molecule is Cc1n[nH]c(C)c1NC(=O)NCCCCC(=O)O. The van der Waals surface area contributed by atoms with Crippen LogP contribution < -0.4 is 10.6 Å². The molecule has 7 nitrogen and oxygen atoms in total. The number of urea groups is 1. The summed E-state index contributed by atoms with van der Waals surface area (Å²) in [6.07, 6.45) is 1.33. The number of hydrogen-bond acceptors (Lipinski definition) is 3. The number of carboxylic acid groups (broad SMARTS) is 1. The Morgan fingerprint density at radius 1 is 1.33 bits per heavy atom. The number of anilines is 1. The first-order chi connectivity index (χ1) is 8.50. The van der Waals surface area contributed by atoms with Crippen molar-refractivity contribution in [2.24, 2.45) is 0 Å². The van der Waals surface area contributed by atoms with Crippen molar-refractivity contribution in [1.82, 2.24) is 15.5 Å². The van der Waals surface area contributed by atoms with Gasteiger partial charge in [-0.3, -0.25) is 9.89 Å². The van der Waals surface area contributed by atoms with Crippen LogP contribution in [-0.2, 0) is 4.79 Å². The van der Waals surface area contributed by atoms with Crippen LogP contribution in [-0.4, -0.2) is 33.8 Å². The predicted octanol–water partition coefficient (Wildman–Crippen LogP) is 1.40. The molecule has 1 aromatic heterocycles. The van der Waals surface area contributed by atoms with Crippen LogP contribution in [0.3, 0.4) is 0 Å². The summed E-state index contributed by atoms with van der Waals surface area (Å²) in [5.74, 6) is -0.816. The molecule has 0 aromatic carbocycles. The molecule has 0 saturated heterocycles. The summed E-state index contributed by atoms with van der Waals surface area (Å²) in [4.78, 5) is 21.8. The van der Waals surface area contributed by atoms with E-state index in [4.69, 9.17) is 5.11 Å². The predicted molar refractivity (Wildman–Crippen MR) is 66.6 cm³/mol. The quantitative estimate of drug-likeness (QED) is 0.575. The van der Waals surface area contributed by atoms with E-state index >= 15 is 0 Å². The Morgan fingerprint density at radius 3 is 2.61 bits per heavy atom. The van der Waals surface area contributed by atoms with E-state index in [0.717, 1.165) is 11.4 Å². The number of nitrogens with one attached hydrogen (secondary N) is 3. The maximum atomic E-state index is 11.5. The van der Waals surface area contributed by atoms with Gasteiger partial charge in [0.05, 0.1) is 17.1 Å². The van der Waals surface area contributed by atoms with Crippen molar-refractivity contribution in [3.63, 3.8) is 0 Å². The molecule has 100 valence electrons. The average Bonchev–Trinajstić information content (AvgIpc) is 2.60. The minimum absolute atomic E-state index is 0.128. The first-order valence-electron chi connectivity index (χ1n) is 5.79. The number of H-pyrrole nitrogens is 1. The van der Waals surface area contributed by atoms with Crippen LogP contribution in [0.4, 0.5) is 10.5 Å². The van der Waals surface area contributed by atoms with Crippen LogP contribution >= 0.6 is 0 Å². The van der Waals surface area contributed by atoms with Gasteiger partial charge in [0, 0.05) is 13.0 Å². The van der Waals surface area contributed by atoms with Gasteiger partial charge in [-0.15, -0.1) is 0 Å². The molecule has 0 aliphatic carbocycles. The molecule has 18 heavy (non-hydrogen) atoms. The maximum Gasteiger partial charge on any atom is 0.319 e. The number of carbonyl (C=O) groups is 2. The second kappa shape index (κ2) is 6.63. The molecule has 0 saturated carbocycles. The van der Waals surface area contributed by atoms with Gasteiger partial charge in [-0.25, -0.2) is 4.79 Å². The summed E-state index contributed by atoms with van der Waals surface area (Å²) in [5, 5.41) is 20.5. The molecule has 0 fully saturated rings. The number of amides is 2. The lowest BCUT2D eigenvalue weighted by atomic mass is 10.2. The second-order valence-corrected chi connectivity index (χ2v) is 4.04. The van der Waals surface area contributed by atoms with E-state index in [9.17, 15) is 9.59 Å². The van der Waals surface area contributed by atoms with Gasteiger partial charge in [0.1, 0.15) is 0 Å². The van der Waals surface area contributed by atoms with Crippen molar-refractivity contribution in [1.29, 1.82) is 0 Å². The minimum atomic E-state index is -0.816. The third-order valence-electron chi connectivity index (χ3n) is 2.47. The monoisotopic (exact) mass is 254 g/mol. The Kier molecular flexibility index (Phi) is 5.16. The molecule has 0 aliphatic rings. The van der Waals surface area contributed by atoms with E-state index in [1.54, 1.807) is 6.92 Å². The zero-order valence-corrected chi connectivity index (χ0v) is 10.5. The fraction of sp³-hybridized carbons (Fsp3) is 0.545. The molecule has 2 amide bonds. The molecule has 1 heterocycles. The Hall–Kier alpha value is -2.05. The van der Waals surface area contributed by atoms with E-state index in [2.05, 4.69) is 20.8 Å². The number of carboxylic acids is 1. The second-order valence-electron chi connectivity index (χ2n) is 4.04. The van der Waals surface area contributed by atoms with Crippen molar-refractivity contribution < 1.29 is 14.7 Å². The molecule has 0 spiro atoms. The highest BCUT2D eigenvalue weighted by Gasteiger charge is 2.09. The molecule has 0 unspecified atom stereocenters. The highest BCUT2D eigenvalue weighted by atomic mass is 16.4. The van der Waals surface area contributed by atoms with Gasteiger partial charge in [0.15, 0.2) is 0 Å². The van der Waals surface area contributed by atoms with Crippen LogP contribution in [0.1, 0.15) is 30.7 Å². The van der Waals surface area contributed by atoms with Crippen molar-refractivity contribution in [3.8, 4) is 0 Å². The smallest absolute Gasteiger partial charge is 0.319 e. The van der Waals surface area contributed by atoms with Crippen molar-refractivity contribution >= 4 is 17.7 Å². The summed E-state index contributed by atoms with van der Waals surface area (Å²) in [6.45, 7) is 4.07. The number of aromatic nitrogens is 2. The summed E-state index contributed by atoms with van der Waals surface area (Å²) in [6, 6.07) is -0.307. The van der Waals surface area contributed by atoms with Crippen LogP contribution in [0.2, 0.25) is 0 Å². The average molecular weight is 254 g/mol. The number of nitrogens with zero attached hydrogens (tertiary/aromatic N) is 1. The molecule has 4 N–H and O–H groups in total. The van der Waals surface area contributed by atoms with Gasteiger partial charge in [-0.2, -0.15) is 5.10 Å². The zero-order chi connectivity index (χ0) is 13.5. The summed E-state index contributed by atoms with van der Waals surface area (Å²) < 4.78 is 0.